The van der Waals surface area contributed by atoms with Gasteiger partial charge in [0.2, 0.25) is 0 Å². The first kappa shape index (κ1) is 23.4. The Kier molecular flexibility index (Phi) is 7.47. The molecule has 2 N–H and O–H groups in total. The van der Waals surface area contributed by atoms with Gasteiger partial charge in [-0.15, -0.1) is 0 Å². The van der Waals surface area contributed by atoms with Gasteiger partial charge in [-0.3, -0.25) is 29.8 Å². The number of hydrazone groups is 2. The number of nitro benzene ring substituents is 2. The second kappa shape index (κ2) is 10.9. The third kappa shape index (κ3) is 5.91. The van der Waals surface area contributed by atoms with E-state index in [9.17, 15) is 29.8 Å². The van der Waals surface area contributed by atoms with Crippen molar-refractivity contribution >= 4 is 35.6 Å². The predicted octanol–water partition coefficient (Wildman–Crippen LogP) is 3.03. The molecule has 0 unspecified atom stereocenters. The lowest BCUT2D eigenvalue weighted by Crippen LogP contribution is -2.19. The molecular formula is C22H16N6O6. The maximum atomic E-state index is 12.1. The normalized spacial score (nSPS) is 10.8. The fourth-order valence-corrected chi connectivity index (χ4v) is 2.77. The fraction of sp³-hybridized carbons (Fsp3) is 0. The van der Waals surface area contributed by atoms with E-state index in [2.05, 4.69) is 21.1 Å². The number of rotatable bonds is 8. The van der Waals surface area contributed by atoms with E-state index in [1.165, 1.54) is 61.0 Å². The summed E-state index contributed by atoms with van der Waals surface area (Å²) < 4.78 is 0. The van der Waals surface area contributed by atoms with Crippen LogP contribution in [0.25, 0.3) is 0 Å². The number of carbonyl (C=O) groups excluding carboxylic acids is 2. The molecule has 0 aliphatic rings. The van der Waals surface area contributed by atoms with E-state index >= 15 is 0 Å². The zero-order chi connectivity index (χ0) is 24.5. The topological polar surface area (TPSA) is 169 Å². The van der Waals surface area contributed by atoms with E-state index < -0.39 is 21.7 Å². The molecular weight excluding hydrogens is 444 g/mol. The molecule has 0 bridgehead atoms. The standard InChI is InChI=1S/C22H16N6O6/c29-21(17-5-1-3-7-19(17)27(31)32)25-23-13-15-9-11-16(12-10-15)14-24-26-22(30)18-6-2-4-8-20(18)28(33)34/h1-14H,(H,25,29)(H,26,30)/b23-13-,24-14-. The van der Waals surface area contributed by atoms with E-state index in [1.54, 1.807) is 24.3 Å². The van der Waals surface area contributed by atoms with Crippen LogP contribution in [0.5, 0.6) is 0 Å². The smallest absolute Gasteiger partial charge is 0.267 e. The lowest BCUT2D eigenvalue weighted by molar-refractivity contribution is -0.385. The maximum absolute atomic E-state index is 12.1. The number of hydrogen-bond donors (Lipinski definition) is 2. The third-order valence-corrected chi connectivity index (χ3v) is 4.39. The van der Waals surface area contributed by atoms with Gasteiger partial charge in [0.05, 0.1) is 22.3 Å². The number of nitrogens with one attached hydrogen (secondary N) is 2. The Labute approximate surface area is 191 Å². The average Bonchev–Trinajstić information content (AvgIpc) is 2.84. The van der Waals surface area contributed by atoms with Crippen molar-refractivity contribution in [1.82, 2.24) is 10.9 Å². The average molecular weight is 460 g/mol. The summed E-state index contributed by atoms with van der Waals surface area (Å²) in [6, 6.07) is 17.7. The molecule has 12 heteroatoms. The van der Waals surface area contributed by atoms with Crippen LogP contribution in [0.4, 0.5) is 11.4 Å². The van der Waals surface area contributed by atoms with E-state index in [0.29, 0.717) is 11.1 Å². The zero-order valence-electron chi connectivity index (χ0n) is 17.3. The molecule has 3 aromatic carbocycles. The Hall–Kier alpha value is -5.26. The lowest BCUT2D eigenvalue weighted by atomic mass is 10.1. The largest absolute Gasteiger partial charge is 0.282 e. The summed E-state index contributed by atoms with van der Waals surface area (Å²) >= 11 is 0. The Balaban J connectivity index is 1.57. The molecule has 3 rings (SSSR count). The van der Waals surface area contributed by atoms with Gasteiger partial charge >= 0.3 is 0 Å². The summed E-state index contributed by atoms with van der Waals surface area (Å²) in [5.41, 5.74) is 4.83. The van der Waals surface area contributed by atoms with Crippen molar-refractivity contribution in [3.05, 3.63) is 115 Å². The molecule has 0 saturated heterocycles. The molecule has 0 radical (unpaired) electrons. The van der Waals surface area contributed by atoms with Gasteiger partial charge in [-0.2, -0.15) is 10.2 Å². The van der Waals surface area contributed by atoms with Crippen LogP contribution in [0.1, 0.15) is 31.8 Å². The van der Waals surface area contributed by atoms with Gasteiger partial charge in [0.1, 0.15) is 11.1 Å². The van der Waals surface area contributed by atoms with Crippen LogP contribution in [-0.2, 0) is 0 Å². The molecule has 0 saturated carbocycles. The van der Waals surface area contributed by atoms with Gasteiger partial charge in [0.15, 0.2) is 0 Å². The number of carbonyl (C=O) groups is 2. The highest BCUT2D eigenvalue weighted by atomic mass is 16.6. The first-order valence-corrected chi connectivity index (χ1v) is 9.60. The molecule has 34 heavy (non-hydrogen) atoms. The minimum Gasteiger partial charge on any atom is -0.267 e. The van der Waals surface area contributed by atoms with E-state index in [0.717, 1.165) is 0 Å². The lowest BCUT2D eigenvalue weighted by Gasteiger charge is -2.01. The third-order valence-electron chi connectivity index (χ3n) is 4.39. The molecule has 0 atom stereocenters. The van der Waals surface area contributed by atoms with Gasteiger partial charge in [-0.05, 0) is 23.3 Å². The quantitative estimate of drug-likeness (QED) is 0.297. The Morgan fingerprint density at radius 2 is 1.00 bits per heavy atom. The molecule has 12 nitrogen and oxygen atoms in total. The van der Waals surface area contributed by atoms with Crippen LogP contribution < -0.4 is 10.9 Å². The summed E-state index contributed by atoms with van der Waals surface area (Å²) in [5, 5.41) is 29.6. The summed E-state index contributed by atoms with van der Waals surface area (Å²) in [7, 11) is 0. The van der Waals surface area contributed by atoms with Gasteiger partial charge < -0.3 is 0 Å². The zero-order valence-corrected chi connectivity index (χ0v) is 17.3. The van der Waals surface area contributed by atoms with Crippen LogP contribution in [0.3, 0.4) is 0 Å². The Morgan fingerprint density at radius 1 is 0.647 bits per heavy atom. The fourth-order valence-electron chi connectivity index (χ4n) is 2.77. The predicted molar refractivity (Wildman–Crippen MR) is 123 cm³/mol. The Bertz CT molecular complexity index is 1200. The highest BCUT2D eigenvalue weighted by Crippen LogP contribution is 2.18. The molecule has 170 valence electrons. The van der Waals surface area contributed by atoms with Crippen LogP contribution in [0.2, 0.25) is 0 Å². The minimum atomic E-state index is -0.721. The van der Waals surface area contributed by atoms with Gasteiger partial charge in [0, 0.05) is 12.1 Å². The van der Waals surface area contributed by atoms with E-state index in [-0.39, 0.29) is 22.5 Å². The number of benzene rings is 3. The molecule has 2 amide bonds. The van der Waals surface area contributed by atoms with Crippen molar-refractivity contribution in [2.75, 3.05) is 0 Å². The molecule has 0 spiro atoms. The van der Waals surface area contributed by atoms with Crippen molar-refractivity contribution in [3.63, 3.8) is 0 Å². The molecule has 0 aliphatic carbocycles. The minimum absolute atomic E-state index is 0.112. The summed E-state index contributed by atoms with van der Waals surface area (Å²) in [6.45, 7) is 0. The molecule has 3 aromatic rings. The second-order valence-corrected chi connectivity index (χ2v) is 6.61. The molecule has 0 aliphatic heterocycles. The monoisotopic (exact) mass is 460 g/mol. The van der Waals surface area contributed by atoms with Gasteiger partial charge in [-0.1, -0.05) is 48.5 Å². The number of para-hydroxylation sites is 2. The van der Waals surface area contributed by atoms with Gasteiger partial charge in [-0.25, -0.2) is 10.9 Å². The van der Waals surface area contributed by atoms with Crippen molar-refractivity contribution in [1.29, 1.82) is 0 Å². The van der Waals surface area contributed by atoms with Crippen LogP contribution >= 0.6 is 0 Å². The molecule has 0 heterocycles. The van der Waals surface area contributed by atoms with Crippen molar-refractivity contribution < 1.29 is 19.4 Å². The summed E-state index contributed by atoms with van der Waals surface area (Å²) in [5.74, 6) is -1.44. The Morgan fingerprint density at radius 3 is 1.35 bits per heavy atom. The highest BCUT2D eigenvalue weighted by molar-refractivity contribution is 5.99. The molecule has 0 aromatic heterocycles. The van der Waals surface area contributed by atoms with Crippen molar-refractivity contribution in [3.8, 4) is 0 Å². The summed E-state index contributed by atoms with van der Waals surface area (Å²) in [4.78, 5) is 45.0. The second-order valence-electron chi connectivity index (χ2n) is 6.61. The summed E-state index contributed by atoms with van der Waals surface area (Å²) in [6.07, 6.45) is 2.70. The van der Waals surface area contributed by atoms with Crippen LogP contribution in [0.15, 0.2) is 83.0 Å². The molecule has 0 fully saturated rings. The first-order chi connectivity index (χ1) is 16.4. The van der Waals surface area contributed by atoms with E-state index in [4.69, 9.17) is 0 Å². The van der Waals surface area contributed by atoms with Crippen molar-refractivity contribution in [2.45, 2.75) is 0 Å². The number of hydrogen-bond acceptors (Lipinski definition) is 8. The van der Waals surface area contributed by atoms with Gasteiger partial charge in [0.25, 0.3) is 23.2 Å². The highest BCUT2D eigenvalue weighted by Gasteiger charge is 2.19. The number of nitro groups is 2. The number of amides is 2. The first-order valence-electron chi connectivity index (χ1n) is 9.60. The SMILES string of the molecule is O=C(N/N=C\c1ccc(/C=N\NC(=O)c2ccccc2[N+](=O)[O-])cc1)c1ccccc1[N+](=O)[O-]. The van der Waals surface area contributed by atoms with Crippen LogP contribution in [-0.4, -0.2) is 34.1 Å². The van der Waals surface area contributed by atoms with E-state index in [1.807, 2.05) is 0 Å². The van der Waals surface area contributed by atoms with Crippen molar-refractivity contribution in [2.24, 2.45) is 10.2 Å². The van der Waals surface area contributed by atoms with Crippen LogP contribution in [0, 0.1) is 20.2 Å². The number of nitrogens with zero attached hydrogens (tertiary/aromatic N) is 4. The maximum Gasteiger partial charge on any atom is 0.282 e.